The Balaban J connectivity index is 1.63. The molecule has 0 aliphatic carbocycles. The van der Waals surface area contributed by atoms with Crippen molar-refractivity contribution in [3.8, 4) is 0 Å². The van der Waals surface area contributed by atoms with E-state index in [0.29, 0.717) is 30.6 Å². The van der Waals surface area contributed by atoms with E-state index in [1.807, 2.05) is 30.3 Å². The Morgan fingerprint density at radius 1 is 1.22 bits per heavy atom. The molecule has 0 bridgehead atoms. The van der Waals surface area contributed by atoms with Crippen LogP contribution in [0.2, 0.25) is 0 Å². The Hall–Kier alpha value is -2.89. The van der Waals surface area contributed by atoms with Crippen LogP contribution in [0.5, 0.6) is 0 Å². The fraction of sp³-hybridized carbons (Fsp3) is 0.333. The number of urea groups is 1. The molecule has 2 N–H and O–H groups in total. The zero-order valence-electron chi connectivity index (χ0n) is 15.4. The molecule has 1 saturated heterocycles. The zero-order chi connectivity index (χ0) is 19.2. The lowest BCUT2D eigenvalue weighted by molar-refractivity contribution is -0.128. The highest BCUT2D eigenvalue weighted by atomic mass is 19.1. The van der Waals surface area contributed by atoms with Gasteiger partial charge in [0.15, 0.2) is 0 Å². The summed E-state index contributed by atoms with van der Waals surface area (Å²) in [5.41, 5.74) is 2.20. The number of carbonyl (C=O) groups excluding carboxylic acids is 2. The van der Waals surface area contributed by atoms with Gasteiger partial charge in [-0.15, -0.1) is 0 Å². The predicted octanol–water partition coefficient (Wildman–Crippen LogP) is 3.30. The Labute approximate surface area is 158 Å². The van der Waals surface area contributed by atoms with E-state index in [1.165, 1.54) is 6.07 Å². The second-order valence-electron chi connectivity index (χ2n) is 6.82. The van der Waals surface area contributed by atoms with Crippen LogP contribution in [-0.2, 0) is 11.3 Å². The molecule has 2 aromatic rings. The van der Waals surface area contributed by atoms with Gasteiger partial charge >= 0.3 is 6.03 Å². The molecular weight excluding hydrogens is 345 g/mol. The summed E-state index contributed by atoms with van der Waals surface area (Å²) < 4.78 is 13.6. The molecule has 0 aromatic heterocycles. The van der Waals surface area contributed by atoms with Gasteiger partial charge in [-0.2, -0.15) is 0 Å². The molecule has 3 rings (SSSR count). The Morgan fingerprint density at radius 2 is 2.00 bits per heavy atom. The SMILES string of the molecule is Cc1ccc(CNC(=O)NC(CN2CCCC2=O)c2ccccc2)cc1F. The molecule has 0 radical (unpaired) electrons. The maximum atomic E-state index is 13.6. The van der Waals surface area contributed by atoms with E-state index in [2.05, 4.69) is 10.6 Å². The molecule has 0 spiro atoms. The molecule has 1 aliphatic rings. The second-order valence-corrected chi connectivity index (χ2v) is 6.82. The lowest BCUT2D eigenvalue weighted by Crippen LogP contribution is -2.42. The molecule has 3 amide bonds. The van der Waals surface area contributed by atoms with Gasteiger partial charge in [-0.1, -0.05) is 42.5 Å². The minimum Gasteiger partial charge on any atom is -0.340 e. The van der Waals surface area contributed by atoms with Crippen molar-refractivity contribution in [2.75, 3.05) is 13.1 Å². The van der Waals surface area contributed by atoms with E-state index in [4.69, 9.17) is 0 Å². The van der Waals surface area contributed by atoms with Crippen LogP contribution in [-0.4, -0.2) is 29.9 Å². The molecule has 142 valence electrons. The number of nitrogens with zero attached hydrogens (tertiary/aromatic N) is 1. The summed E-state index contributed by atoms with van der Waals surface area (Å²) in [6.45, 7) is 3.08. The van der Waals surface area contributed by atoms with Crippen LogP contribution in [0.25, 0.3) is 0 Å². The first-order valence-corrected chi connectivity index (χ1v) is 9.15. The fourth-order valence-electron chi connectivity index (χ4n) is 3.18. The minimum atomic E-state index is -0.350. The standard InChI is InChI=1S/C21H24FN3O2/c1-15-9-10-16(12-18(15)22)13-23-21(27)24-19(17-6-3-2-4-7-17)14-25-11-5-8-20(25)26/h2-4,6-7,9-10,12,19H,5,8,11,13-14H2,1H3,(H2,23,24,27). The van der Waals surface area contributed by atoms with E-state index in [1.54, 1.807) is 24.0 Å². The number of amides is 3. The number of carbonyl (C=O) groups is 2. The van der Waals surface area contributed by atoms with Crippen LogP contribution in [0, 0.1) is 12.7 Å². The van der Waals surface area contributed by atoms with E-state index in [-0.39, 0.29) is 30.3 Å². The van der Waals surface area contributed by atoms with Crippen molar-refractivity contribution in [1.29, 1.82) is 0 Å². The van der Waals surface area contributed by atoms with E-state index < -0.39 is 0 Å². The van der Waals surface area contributed by atoms with Crippen LogP contribution >= 0.6 is 0 Å². The number of rotatable bonds is 6. The van der Waals surface area contributed by atoms with Gasteiger partial charge in [0.25, 0.3) is 0 Å². The molecule has 1 unspecified atom stereocenters. The van der Waals surface area contributed by atoms with Crippen LogP contribution in [0.1, 0.15) is 35.6 Å². The van der Waals surface area contributed by atoms with Gasteiger partial charge in [-0.25, -0.2) is 9.18 Å². The first-order chi connectivity index (χ1) is 13.0. The van der Waals surface area contributed by atoms with Crippen molar-refractivity contribution in [1.82, 2.24) is 15.5 Å². The van der Waals surface area contributed by atoms with Gasteiger partial charge in [0.1, 0.15) is 5.82 Å². The molecule has 0 saturated carbocycles. The van der Waals surface area contributed by atoms with Crippen molar-refractivity contribution in [3.63, 3.8) is 0 Å². The topological polar surface area (TPSA) is 61.4 Å². The Kier molecular flexibility index (Phi) is 6.06. The third-order valence-electron chi connectivity index (χ3n) is 4.77. The van der Waals surface area contributed by atoms with Crippen LogP contribution < -0.4 is 10.6 Å². The normalized spacial score (nSPS) is 14.9. The summed E-state index contributed by atoms with van der Waals surface area (Å²) in [4.78, 5) is 26.1. The predicted molar refractivity (Wildman–Crippen MR) is 102 cm³/mol. The number of benzene rings is 2. The van der Waals surface area contributed by atoms with Gasteiger partial charge in [0.05, 0.1) is 6.04 Å². The maximum Gasteiger partial charge on any atom is 0.315 e. The van der Waals surface area contributed by atoms with E-state index in [9.17, 15) is 14.0 Å². The van der Waals surface area contributed by atoms with Crippen molar-refractivity contribution in [2.45, 2.75) is 32.4 Å². The van der Waals surface area contributed by atoms with E-state index in [0.717, 1.165) is 12.0 Å². The Bertz CT molecular complexity index is 810. The summed E-state index contributed by atoms with van der Waals surface area (Å²) in [5, 5.41) is 5.70. The number of likely N-dealkylation sites (tertiary alicyclic amines) is 1. The number of hydrogen-bond donors (Lipinski definition) is 2. The lowest BCUT2D eigenvalue weighted by atomic mass is 10.1. The first-order valence-electron chi connectivity index (χ1n) is 9.15. The average Bonchev–Trinajstić information content (AvgIpc) is 3.07. The third-order valence-corrected chi connectivity index (χ3v) is 4.77. The van der Waals surface area contributed by atoms with Gasteiger partial charge in [-0.05, 0) is 36.1 Å². The van der Waals surface area contributed by atoms with Crippen LogP contribution in [0.15, 0.2) is 48.5 Å². The summed E-state index contributed by atoms with van der Waals surface area (Å²) >= 11 is 0. The third kappa shape index (κ3) is 5.06. The molecule has 1 atom stereocenters. The largest absolute Gasteiger partial charge is 0.340 e. The highest BCUT2D eigenvalue weighted by molar-refractivity contribution is 5.78. The molecule has 5 nitrogen and oxygen atoms in total. The quantitative estimate of drug-likeness (QED) is 0.821. The molecular formula is C21H24FN3O2. The van der Waals surface area contributed by atoms with Gasteiger partial charge in [-0.3, -0.25) is 4.79 Å². The molecule has 27 heavy (non-hydrogen) atoms. The molecule has 2 aromatic carbocycles. The van der Waals surface area contributed by atoms with Crippen molar-refractivity contribution < 1.29 is 14.0 Å². The Morgan fingerprint density at radius 3 is 2.67 bits per heavy atom. The first kappa shape index (κ1) is 18.9. The van der Waals surface area contributed by atoms with Crippen LogP contribution in [0.3, 0.4) is 0 Å². The smallest absolute Gasteiger partial charge is 0.315 e. The second kappa shape index (κ2) is 8.66. The summed E-state index contributed by atoms with van der Waals surface area (Å²) in [6.07, 6.45) is 1.41. The minimum absolute atomic E-state index is 0.119. The molecule has 1 heterocycles. The fourth-order valence-corrected chi connectivity index (χ4v) is 3.18. The summed E-state index contributed by atoms with van der Waals surface area (Å²) in [6, 6.07) is 13.8. The van der Waals surface area contributed by atoms with Gasteiger partial charge in [0, 0.05) is 26.1 Å². The van der Waals surface area contributed by atoms with E-state index >= 15 is 0 Å². The number of aryl methyl sites for hydroxylation is 1. The molecule has 1 fully saturated rings. The van der Waals surface area contributed by atoms with Crippen molar-refractivity contribution in [3.05, 3.63) is 71.0 Å². The highest BCUT2D eigenvalue weighted by Gasteiger charge is 2.25. The highest BCUT2D eigenvalue weighted by Crippen LogP contribution is 2.18. The maximum absolute atomic E-state index is 13.6. The monoisotopic (exact) mass is 369 g/mol. The molecule has 1 aliphatic heterocycles. The van der Waals surface area contributed by atoms with Gasteiger partial charge in [0.2, 0.25) is 5.91 Å². The average molecular weight is 369 g/mol. The number of hydrogen-bond acceptors (Lipinski definition) is 2. The summed E-state index contributed by atoms with van der Waals surface area (Å²) in [5.74, 6) is -0.169. The lowest BCUT2D eigenvalue weighted by Gasteiger charge is -2.25. The molecule has 6 heteroatoms. The zero-order valence-corrected chi connectivity index (χ0v) is 15.4. The number of halogens is 1. The number of nitrogens with one attached hydrogen (secondary N) is 2. The summed E-state index contributed by atoms with van der Waals surface area (Å²) in [7, 11) is 0. The van der Waals surface area contributed by atoms with Crippen LogP contribution in [0.4, 0.5) is 9.18 Å². The van der Waals surface area contributed by atoms with Crippen molar-refractivity contribution >= 4 is 11.9 Å². The van der Waals surface area contributed by atoms with Crippen molar-refractivity contribution in [2.24, 2.45) is 0 Å². The van der Waals surface area contributed by atoms with Gasteiger partial charge < -0.3 is 15.5 Å².